The maximum Gasteiger partial charge on any atom is 0.199 e. The predicted octanol–water partition coefficient (Wildman–Crippen LogP) is 3.68. The molecule has 2 aromatic heterocycles. The standard InChI is InChI=1S/C18H21N5O/c1-11-8-14-16(21-10-22-17(14)23-11)15-9-20-18(24-15)13(6-7-19)12-4-2-3-5-12/h9-13H,2-6,8H2,1H3,(H,21,22,23)/t11?,13-/m1/s1. The van der Waals surface area contributed by atoms with Crippen LogP contribution in [-0.2, 0) is 6.42 Å². The van der Waals surface area contributed by atoms with Gasteiger partial charge in [0.1, 0.15) is 17.8 Å². The van der Waals surface area contributed by atoms with E-state index < -0.39 is 0 Å². The first kappa shape index (κ1) is 15.1. The van der Waals surface area contributed by atoms with Crippen LogP contribution >= 0.6 is 0 Å². The van der Waals surface area contributed by atoms with Gasteiger partial charge in [-0.05, 0) is 32.1 Å². The number of rotatable bonds is 4. The third kappa shape index (κ3) is 2.64. The van der Waals surface area contributed by atoms with Gasteiger partial charge in [-0.15, -0.1) is 0 Å². The molecule has 3 heterocycles. The van der Waals surface area contributed by atoms with Crippen molar-refractivity contribution in [3.63, 3.8) is 0 Å². The maximum absolute atomic E-state index is 9.19. The van der Waals surface area contributed by atoms with Gasteiger partial charge in [0, 0.05) is 18.0 Å². The lowest BCUT2D eigenvalue weighted by Gasteiger charge is -2.17. The summed E-state index contributed by atoms with van der Waals surface area (Å²) in [6.07, 6.45) is 9.46. The van der Waals surface area contributed by atoms with Crippen molar-refractivity contribution in [2.45, 2.75) is 57.4 Å². The van der Waals surface area contributed by atoms with E-state index in [0.29, 0.717) is 30.0 Å². The van der Waals surface area contributed by atoms with Crippen molar-refractivity contribution >= 4 is 5.82 Å². The largest absolute Gasteiger partial charge is 0.439 e. The van der Waals surface area contributed by atoms with Crippen LogP contribution in [0.3, 0.4) is 0 Å². The molecule has 1 fully saturated rings. The number of aromatic nitrogens is 3. The first-order valence-electron chi connectivity index (χ1n) is 8.69. The molecular weight excluding hydrogens is 302 g/mol. The van der Waals surface area contributed by atoms with Crippen LogP contribution in [0.1, 0.15) is 56.4 Å². The lowest BCUT2D eigenvalue weighted by Crippen LogP contribution is -2.09. The molecule has 0 saturated heterocycles. The summed E-state index contributed by atoms with van der Waals surface area (Å²) in [7, 11) is 0. The molecule has 1 unspecified atom stereocenters. The zero-order valence-corrected chi connectivity index (χ0v) is 13.8. The number of nitriles is 1. The second kappa shape index (κ2) is 6.23. The average Bonchev–Trinajstić information content (AvgIpc) is 3.31. The molecule has 0 radical (unpaired) electrons. The van der Waals surface area contributed by atoms with Crippen LogP contribution in [0, 0.1) is 17.2 Å². The van der Waals surface area contributed by atoms with Gasteiger partial charge in [-0.3, -0.25) is 0 Å². The van der Waals surface area contributed by atoms with Gasteiger partial charge in [0.05, 0.1) is 18.2 Å². The highest BCUT2D eigenvalue weighted by atomic mass is 16.4. The van der Waals surface area contributed by atoms with Crippen LogP contribution in [0.5, 0.6) is 0 Å². The van der Waals surface area contributed by atoms with Gasteiger partial charge >= 0.3 is 0 Å². The third-order valence-electron chi connectivity index (χ3n) is 5.19. The fourth-order valence-electron chi connectivity index (χ4n) is 4.02. The lowest BCUT2D eigenvalue weighted by atomic mass is 9.88. The molecule has 0 amide bonds. The van der Waals surface area contributed by atoms with E-state index in [-0.39, 0.29) is 5.92 Å². The van der Waals surface area contributed by atoms with Gasteiger partial charge in [-0.25, -0.2) is 15.0 Å². The first-order chi connectivity index (χ1) is 11.8. The van der Waals surface area contributed by atoms with E-state index in [1.165, 1.54) is 12.8 Å². The number of hydrogen-bond donors (Lipinski definition) is 1. The minimum Gasteiger partial charge on any atom is -0.439 e. The Labute approximate surface area is 141 Å². The van der Waals surface area contributed by atoms with Gasteiger partial charge in [0.25, 0.3) is 0 Å². The zero-order chi connectivity index (χ0) is 16.5. The summed E-state index contributed by atoms with van der Waals surface area (Å²) in [5.41, 5.74) is 1.91. The molecule has 2 aromatic rings. The van der Waals surface area contributed by atoms with Gasteiger partial charge in [-0.2, -0.15) is 5.26 Å². The fraction of sp³-hybridized carbons (Fsp3) is 0.556. The summed E-state index contributed by atoms with van der Waals surface area (Å²) < 4.78 is 6.08. The van der Waals surface area contributed by atoms with Crippen LogP contribution in [0.2, 0.25) is 0 Å². The fourth-order valence-corrected chi connectivity index (χ4v) is 4.02. The summed E-state index contributed by atoms with van der Waals surface area (Å²) in [5, 5.41) is 12.5. The second-order valence-corrected chi connectivity index (χ2v) is 6.87. The van der Waals surface area contributed by atoms with Gasteiger partial charge < -0.3 is 9.73 Å². The highest BCUT2D eigenvalue weighted by Crippen LogP contribution is 2.40. The average molecular weight is 323 g/mol. The summed E-state index contributed by atoms with van der Waals surface area (Å²) >= 11 is 0. The van der Waals surface area contributed by atoms with Crippen LogP contribution in [0.4, 0.5) is 5.82 Å². The zero-order valence-electron chi connectivity index (χ0n) is 13.8. The maximum atomic E-state index is 9.19. The van der Waals surface area contributed by atoms with E-state index in [2.05, 4.69) is 33.3 Å². The molecular formula is C18H21N5O. The molecule has 2 atom stereocenters. The Balaban J connectivity index is 1.66. The van der Waals surface area contributed by atoms with E-state index in [1.807, 2.05) is 0 Å². The van der Waals surface area contributed by atoms with E-state index >= 15 is 0 Å². The number of anilines is 1. The quantitative estimate of drug-likeness (QED) is 0.923. The van der Waals surface area contributed by atoms with Crippen molar-refractivity contribution < 1.29 is 4.42 Å². The SMILES string of the molecule is CC1Cc2c(ncnc2-c2cnc([C@H](CC#N)C3CCCC3)o2)N1. The van der Waals surface area contributed by atoms with E-state index in [9.17, 15) is 5.26 Å². The Hall–Kier alpha value is -2.42. The highest BCUT2D eigenvalue weighted by molar-refractivity contribution is 5.66. The molecule has 1 aliphatic carbocycles. The van der Waals surface area contributed by atoms with E-state index in [1.54, 1.807) is 12.5 Å². The molecule has 0 bridgehead atoms. The minimum atomic E-state index is 0.0955. The Morgan fingerprint density at radius 2 is 2.17 bits per heavy atom. The molecule has 1 saturated carbocycles. The molecule has 124 valence electrons. The molecule has 24 heavy (non-hydrogen) atoms. The van der Waals surface area contributed by atoms with Crippen molar-refractivity contribution in [3.05, 3.63) is 24.0 Å². The molecule has 1 aliphatic heterocycles. The summed E-state index contributed by atoms with van der Waals surface area (Å²) in [6, 6.07) is 2.65. The Bertz CT molecular complexity index is 772. The Morgan fingerprint density at radius 3 is 2.96 bits per heavy atom. The first-order valence-corrected chi connectivity index (χ1v) is 8.69. The van der Waals surface area contributed by atoms with Crippen molar-refractivity contribution in [2.75, 3.05) is 5.32 Å². The molecule has 2 aliphatic rings. The van der Waals surface area contributed by atoms with Gasteiger partial charge in [-0.1, -0.05) is 12.8 Å². The summed E-state index contributed by atoms with van der Waals surface area (Å²) in [6.45, 7) is 2.13. The number of oxazole rings is 1. The Kier molecular flexibility index (Phi) is 3.93. The molecule has 4 rings (SSSR count). The van der Waals surface area contributed by atoms with Gasteiger partial charge in [0.2, 0.25) is 0 Å². The second-order valence-electron chi connectivity index (χ2n) is 6.87. The van der Waals surface area contributed by atoms with Crippen molar-refractivity contribution in [1.82, 2.24) is 15.0 Å². The van der Waals surface area contributed by atoms with Crippen LogP contribution in [-0.4, -0.2) is 21.0 Å². The third-order valence-corrected chi connectivity index (χ3v) is 5.19. The highest BCUT2D eigenvalue weighted by Gasteiger charge is 2.31. The Morgan fingerprint density at radius 1 is 1.33 bits per heavy atom. The van der Waals surface area contributed by atoms with E-state index in [0.717, 1.165) is 36.3 Å². The minimum absolute atomic E-state index is 0.0955. The molecule has 1 N–H and O–H groups in total. The van der Waals surface area contributed by atoms with E-state index in [4.69, 9.17) is 4.42 Å². The predicted molar refractivity (Wildman–Crippen MR) is 89.2 cm³/mol. The van der Waals surface area contributed by atoms with Crippen LogP contribution in [0.25, 0.3) is 11.5 Å². The smallest absolute Gasteiger partial charge is 0.199 e. The number of hydrogen-bond acceptors (Lipinski definition) is 6. The van der Waals surface area contributed by atoms with Crippen LogP contribution in [0.15, 0.2) is 16.9 Å². The topological polar surface area (TPSA) is 87.6 Å². The molecule has 0 aromatic carbocycles. The number of nitrogens with one attached hydrogen (secondary N) is 1. The monoisotopic (exact) mass is 323 g/mol. The van der Waals surface area contributed by atoms with Gasteiger partial charge in [0.15, 0.2) is 11.7 Å². The summed E-state index contributed by atoms with van der Waals surface area (Å²) in [5.74, 6) is 2.85. The number of fused-ring (bicyclic) bond motifs is 1. The number of nitrogens with zero attached hydrogens (tertiary/aromatic N) is 4. The van der Waals surface area contributed by atoms with Crippen molar-refractivity contribution in [2.24, 2.45) is 5.92 Å². The molecule has 6 nitrogen and oxygen atoms in total. The van der Waals surface area contributed by atoms with Crippen molar-refractivity contribution in [1.29, 1.82) is 5.26 Å². The molecule has 6 heteroatoms. The summed E-state index contributed by atoms with van der Waals surface area (Å²) in [4.78, 5) is 13.2. The lowest BCUT2D eigenvalue weighted by molar-refractivity contribution is 0.357. The normalized spacial score (nSPS) is 21.2. The van der Waals surface area contributed by atoms with Crippen molar-refractivity contribution in [3.8, 4) is 17.5 Å². The van der Waals surface area contributed by atoms with Crippen LogP contribution < -0.4 is 5.32 Å². The molecule has 0 spiro atoms.